The molecular formula is C17H19N3O3. The molecule has 0 atom stereocenters. The zero-order valence-electron chi connectivity index (χ0n) is 13.3. The Bertz CT molecular complexity index is 729. The van der Waals surface area contributed by atoms with E-state index in [0.717, 1.165) is 5.56 Å². The number of carbonyl (C=O) groups excluding carboxylic acids is 2. The van der Waals surface area contributed by atoms with Gasteiger partial charge in [0.1, 0.15) is 5.75 Å². The molecule has 23 heavy (non-hydrogen) atoms. The van der Waals surface area contributed by atoms with Gasteiger partial charge in [-0.15, -0.1) is 0 Å². The van der Waals surface area contributed by atoms with Gasteiger partial charge in [-0.25, -0.2) is 4.79 Å². The first-order valence-electron chi connectivity index (χ1n) is 7.08. The molecule has 3 amide bonds. The van der Waals surface area contributed by atoms with E-state index in [0.29, 0.717) is 22.7 Å². The van der Waals surface area contributed by atoms with Crippen LogP contribution in [0.3, 0.4) is 0 Å². The van der Waals surface area contributed by atoms with Crippen molar-refractivity contribution in [2.75, 3.05) is 24.8 Å². The maximum atomic E-state index is 12.3. The number of amides is 3. The van der Waals surface area contributed by atoms with Crippen LogP contribution in [0.4, 0.5) is 16.2 Å². The van der Waals surface area contributed by atoms with Crippen LogP contribution in [0.5, 0.6) is 5.75 Å². The number of carbonyl (C=O) groups is 2. The number of urea groups is 1. The number of hydrogen-bond acceptors (Lipinski definition) is 3. The smallest absolute Gasteiger partial charge is 0.318 e. The monoisotopic (exact) mass is 313 g/mol. The van der Waals surface area contributed by atoms with Crippen molar-refractivity contribution < 1.29 is 14.3 Å². The summed E-state index contributed by atoms with van der Waals surface area (Å²) in [6.45, 7) is 1.91. The number of rotatable bonds is 4. The summed E-state index contributed by atoms with van der Waals surface area (Å²) in [5, 5.41) is 7.91. The zero-order valence-corrected chi connectivity index (χ0v) is 13.3. The van der Waals surface area contributed by atoms with Crippen LogP contribution < -0.4 is 20.7 Å². The van der Waals surface area contributed by atoms with Gasteiger partial charge in [-0.05, 0) is 42.8 Å². The van der Waals surface area contributed by atoms with Crippen molar-refractivity contribution >= 4 is 23.3 Å². The topological polar surface area (TPSA) is 79.5 Å². The van der Waals surface area contributed by atoms with E-state index in [1.54, 1.807) is 43.5 Å². The van der Waals surface area contributed by atoms with E-state index in [9.17, 15) is 9.59 Å². The molecule has 2 aromatic rings. The van der Waals surface area contributed by atoms with Crippen LogP contribution in [-0.2, 0) is 0 Å². The van der Waals surface area contributed by atoms with E-state index in [4.69, 9.17) is 4.74 Å². The van der Waals surface area contributed by atoms with E-state index in [1.807, 2.05) is 13.0 Å². The Labute approximate surface area is 134 Å². The lowest BCUT2D eigenvalue weighted by molar-refractivity contribution is 0.102. The third-order valence-corrected chi connectivity index (χ3v) is 3.28. The minimum absolute atomic E-state index is 0.250. The highest BCUT2D eigenvalue weighted by Gasteiger charge is 2.09. The maximum Gasteiger partial charge on any atom is 0.318 e. The van der Waals surface area contributed by atoms with Crippen molar-refractivity contribution in [1.82, 2.24) is 5.32 Å². The van der Waals surface area contributed by atoms with Gasteiger partial charge in [0.25, 0.3) is 5.91 Å². The summed E-state index contributed by atoms with van der Waals surface area (Å²) in [7, 11) is 3.10. The molecule has 0 fully saturated rings. The molecule has 0 radical (unpaired) electrons. The summed E-state index contributed by atoms with van der Waals surface area (Å²) < 4.78 is 5.23. The molecular weight excluding hydrogens is 294 g/mol. The summed E-state index contributed by atoms with van der Waals surface area (Å²) in [5.41, 5.74) is 2.63. The molecule has 0 spiro atoms. The van der Waals surface area contributed by atoms with Gasteiger partial charge in [0.05, 0.1) is 7.11 Å². The fraction of sp³-hybridized carbons (Fsp3) is 0.176. The normalized spacial score (nSPS) is 9.87. The quantitative estimate of drug-likeness (QED) is 0.812. The Morgan fingerprint density at radius 2 is 1.70 bits per heavy atom. The molecule has 0 unspecified atom stereocenters. The van der Waals surface area contributed by atoms with Crippen molar-refractivity contribution in [2.24, 2.45) is 0 Å². The van der Waals surface area contributed by atoms with Gasteiger partial charge in [-0.3, -0.25) is 4.79 Å². The summed E-state index contributed by atoms with van der Waals surface area (Å²) in [4.78, 5) is 23.6. The molecule has 0 saturated carbocycles. The van der Waals surface area contributed by atoms with E-state index >= 15 is 0 Å². The van der Waals surface area contributed by atoms with Crippen LogP contribution in [0.2, 0.25) is 0 Å². The molecule has 0 aliphatic rings. The molecule has 0 aliphatic carbocycles. The Hall–Kier alpha value is -3.02. The summed E-state index contributed by atoms with van der Waals surface area (Å²) >= 11 is 0. The van der Waals surface area contributed by atoms with Gasteiger partial charge in [-0.1, -0.05) is 12.1 Å². The largest absolute Gasteiger partial charge is 0.496 e. The SMILES string of the molecule is CNC(=O)Nc1cccc(NC(=O)c2ccc(C)c(OC)c2)c1. The van der Waals surface area contributed by atoms with Crippen LogP contribution in [0, 0.1) is 6.92 Å². The summed E-state index contributed by atoms with van der Waals surface area (Å²) in [5.74, 6) is 0.410. The Morgan fingerprint density at radius 3 is 2.35 bits per heavy atom. The summed E-state index contributed by atoms with van der Waals surface area (Å²) in [6.07, 6.45) is 0. The van der Waals surface area contributed by atoms with Crippen LogP contribution in [0.15, 0.2) is 42.5 Å². The van der Waals surface area contributed by atoms with E-state index < -0.39 is 0 Å². The van der Waals surface area contributed by atoms with Crippen molar-refractivity contribution in [2.45, 2.75) is 6.92 Å². The van der Waals surface area contributed by atoms with Gasteiger partial charge in [-0.2, -0.15) is 0 Å². The molecule has 6 nitrogen and oxygen atoms in total. The van der Waals surface area contributed by atoms with Gasteiger partial charge >= 0.3 is 6.03 Å². The highest BCUT2D eigenvalue weighted by molar-refractivity contribution is 6.05. The highest BCUT2D eigenvalue weighted by atomic mass is 16.5. The zero-order chi connectivity index (χ0) is 16.8. The minimum Gasteiger partial charge on any atom is -0.496 e. The first kappa shape index (κ1) is 16.4. The van der Waals surface area contributed by atoms with Crippen LogP contribution in [0.25, 0.3) is 0 Å². The average molecular weight is 313 g/mol. The van der Waals surface area contributed by atoms with Gasteiger partial charge < -0.3 is 20.7 Å². The molecule has 6 heteroatoms. The van der Waals surface area contributed by atoms with Crippen molar-refractivity contribution in [3.05, 3.63) is 53.6 Å². The molecule has 2 rings (SSSR count). The number of hydrogen-bond donors (Lipinski definition) is 3. The highest BCUT2D eigenvalue weighted by Crippen LogP contribution is 2.21. The second-order valence-electron chi connectivity index (χ2n) is 4.92. The lowest BCUT2D eigenvalue weighted by Gasteiger charge is -2.10. The third-order valence-electron chi connectivity index (χ3n) is 3.28. The van der Waals surface area contributed by atoms with Gasteiger partial charge in [0.15, 0.2) is 0 Å². The number of benzene rings is 2. The fourth-order valence-electron chi connectivity index (χ4n) is 2.03. The second-order valence-corrected chi connectivity index (χ2v) is 4.92. The molecule has 0 aliphatic heterocycles. The number of ether oxygens (including phenoxy) is 1. The fourth-order valence-corrected chi connectivity index (χ4v) is 2.03. The van der Waals surface area contributed by atoms with E-state index in [1.165, 1.54) is 7.05 Å². The molecule has 3 N–H and O–H groups in total. The summed E-state index contributed by atoms with van der Waals surface area (Å²) in [6, 6.07) is 11.8. The number of aryl methyl sites for hydroxylation is 1. The molecule has 120 valence electrons. The predicted molar refractivity (Wildman–Crippen MR) is 90.2 cm³/mol. The minimum atomic E-state index is -0.322. The van der Waals surface area contributed by atoms with Crippen molar-refractivity contribution in [3.8, 4) is 5.75 Å². The number of anilines is 2. The lowest BCUT2D eigenvalue weighted by atomic mass is 10.1. The Balaban J connectivity index is 2.14. The molecule has 0 aromatic heterocycles. The first-order chi connectivity index (χ1) is 11.0. The van der Waals surface area contributed by atoms with Crippen LogP contribution in [0.1, 0.15) is 15.9 Å². The van der Waals surface area contributed by atoms with Gasteiger partial charge in [0, 0.05) is 24.0 Å². The van der Waals surface area contributed by atoms with E-state index in [2.05, 4.69) is 16.0 Å². The Kier molecular flexibility index (Phi) is 5.19. The maximum absolute atomic E-state index is 12.3. The first-order valence-corrected chi connectivity index (χ1v) is 7.08. The Morgan fingerprint density at radius 1 is 1.00 bits per heavy atom. The molecule has 0 heterocycles. The second kappa shape index (κ2) is 7.31. The van der Waals surface area contributed by atoms with E-state index in [-0.39, 0.29) is 11.9 Å². The van der Waals surface area contributed by atoms with Gasteiger partial charge in [0.2, 0.25) is 0 Å². The standard InChI is InChI=1S/C17H19N3O3/c1-11-7-8-12(9-15(11)23-3)16(21)19-13-5-4-6-14(10-13)20-17(22)18-2/h4-10H,1-3H3,(H,19,21)(H2,18,20,22). The lowest BCUT2D eigenvalue weighted by Crippen LogP contribution is -2.24. The number of nitrogens with one attached hydrogen (secondary N) is 3. The van der Waals surface area contributed by atoms with Crippen LogP contribution in [-0.4, -0.2) is 26.1 Å². The number of methoxy groups -OCH3 is 1. The third kappa shape index (κ3) is 4.23. The molecule has 2 aromatic carbocycles. The average Bonchev–Trinajstić information content (AvgIpc) is 2.55. The van der Waals surface area contributed by atoms with Crippen molar-refractivity contribution in [3.63, 3.8) is 0 Å². The molecule has 0 saturated heterocycles. The predicted octanol–water partition coefficient (Wildman–Crippen LogP) is 3.01. The van der Waals surface area contributed by atoms with Crippen molar-refractivity contribution in [1.29, 1.82) is 0 Å². The molecule has 0 bridgehead atoms. The van der Waals surface area contributed by atoms with Crippen LogP contribution >= 0.6 is 0 Å².